The first kappa shape index (κ1) is 19.6. The van der Waals surface area contributed by atoms with E-state index in [1.54, 1.807) is 18.5 Å². The third-order valence-electron chi connectivity index (χ3n) is 4.72. The lowest BCUT2D eigenvalue weighted by molar-refractivity contribution is -0.114. The van der Waals surface area contributed by atoms with Gasteiger partial charge in [0, 0.05) is 29.6 Å². The highest BCUT2D eigenvalue weighted by Gasteiger charge is 2.14. The van der Waals surface area contributed by atoms with E-state index in [1.165, 1.54) is 17.4 Å². The lowest BCUT2D eigenvalue weighted by Gasteiger charge is -2.12. The molecule has 0 aliphatic heterocycles. The summed E-state index contributed by atoms with van der Waals surface area (Å²) in [4.78, 5) is 31.0. The number of carbonyl (C=O) groups is 2. The van der Waals surface area contributed by atoms with E-state index in [2.05, 4.69) is 16.5 Å². The number of nitrogens with one attached hydrogen (secondary N) is 1. The molecule has 0 fully saturated rings. The number of amides is 1. The largest absolute Gasteiger partial charge is 0.486 e. The van der Waals surface area contributed by atoms with E-state index in [-0.39, 0.29) is 12.2 Å². The first-order valence-electron chi connectivity index (χ1n) is 9.26. The molecule has 0 saturated heterocycles. The minimum atomic E-state index is -0.494. The highest BCUT2D eigenvalue weighted by Crippen LogP contribution is 2.33. The summed E-state index contributed by atoms with van der Waals surface area (Å²) in [5.74, 6) is 0.0675. The van der Waals surface area contributed by atoms with E-state index < -0.39 is 5.91 Å². The van der Waals surface area contributed by atoms with Crippen LogP contribution in [0.1, 0.15) is 20.9 Å². The molecular formula is C23H19N3O3S. The van der Waals surface area contributed by atoms with Gasteiger partial charge >= 0.3 is 0 Å². The molecule has 4 aromatic rings. The van der Waals surface area contributed by atoms with Crippen molar-refractivity contribution in [1.82, 2.24) is 9.97 Å². The molecule has 7 heteroatoms. The van der Waals surface area contributed by atoms with Gasteiger partial charge in [-0.2, -0.15) is 0 Å². The SMILES string of the molecule is C=CC(=O)Cc1cc(OCc2nccs2)cc(-c2ccc(C(N)=O)c3[nH]ccc23)c1. The smallest absolute Gasteiger partial charge is 0.250 e. The molecule has 0 aliphatic rings. The number of aromatic amines is 1. The Labute approximate surface area is 177 Å². The van der Waals surface area contributed by atoms with Crippen molar-refractivity contribution in [2.45, 2.75) is 13.0 Å². The number of benzene rings is 2. The van der Waals surface area contributed by atoms with Crippen LogP contribution in [0.5, 0.6) is 5.75 Å². The normalized spacial score (nSPS) is 10.8. The number of nitrogens with two attached hydrogens (primary N) is 1. The molecule has 1 amide bonds. The molecule has 0 aliphatic carbocycles. The first-order valence-corrected chi connectivity index (χ1v) is 10.1. The van der Waals surface area contributed by atoms with Crippen molar-refractivity contribution >= 4 is 33.9 Å². The number of carbonyl (C=O) groups excluding carboxylic acids is 2. The van der Waals surface area contributed by atoms with Crippen LogP contribution in [-0.2, 0) is 17.8 Å². The number of aromatic nitrogens is 2. The Kier molecular flexibility index (Phi) is 5.45. The van der Waals surface area contributed by atoms with Gasteiger partial charge in [-0.15, -0.1) is 11.3 Å². The molecule has 6 nitrogen and oxygen atoms in total. The summed E-state index contributed by atoms with van der Waals surface area (Å²) >= 11 is 1.52. The molecule has 150 valence electrons. The first-order chi connectivity index (χ1) is 14.5. The summed E-state index contributed by atoms with van der Waals surface area (Å²) in [5, 5.41) is 3.62. The highest BCUT2D eigenvalue weighted by atomic mass is 32.1. The van der Waals surface area contributed by atoms with Crippen LogP contribution in [0.4, 0.5) is 0 Å². The van der Waals surface area contributed by atoms with Crippen molar-refractivity contribution in [3.05, 3.63) is 83.0 Å². The number of allylic oxidation sites excluding steroid dienone is 1. The van der Waals surface area contributed by atoms with Gasteiger partial charge in [0.25, 0.3) is 5.91 Å². The fraction of sp³-hybridized carbons (Fsp3) is 0.0870. The maximum atomic E-state index is 12.0. The van der Waals surface area contributed by atoms with Crippen molar-refractivity contribution in [3.63, 3.8) is 0 Å². The molecule has 0 atom stereocenters. The van der Waals surface area contributed by atoms with E-state index in [9.17, 15) is 9.59 Å². The van der Waals surface area contributed by atoms with Crippen LogP contribution in [0.15, 0.2) is 66.8 Å². The van der Waals surface area contributed by atoms with Crippen LogP contribution in [0.2, 0.25) is 0 Å². The lowest BCUT2D eigenvalue weighted by atomic mass is 9.96. The zero-order valence-electron chi connectivity index (χ0n) is 16.1. The minimum absolute atomic E-state index is 0.0751. The predicted molar refractivity (Wildman–Crippen MR) is 118 cm³/mol. The number of nitrogens with zero attached hydrogens (tertiary/aromatic N) is 1. The summed E-state index contributed by atoms with van der Waals surface area (Å²) in [6.45, 7) is 3.90. The van der Waals surface area contributed by atoms with Gasteiger partial charge in [0.05, 0.1) is 11.1 Å². The third-order valence-corrected chi connectivity index (χ3v) is 5.47. The maximum absolute atomic E-state index is 12.0. The van der Waals surface area contributed by atoms with Crippen molar-refractivity contribution in [1.29, 1.82) is 0 Å². The molecule has 2 aromatic carbocycles. The Morgan fingerprint density at radius 1 is 1.23 bits per heavy atom. The van der Waals surface area contributed by atoms with Crippen LogP contribution in [0.25, 0.3) is 22.0 Å². The highest BCUT2D eigenvalue weighted by molar-refractivity contribution is 7.09. The van der Waals surface area contributed by atoms with Crippen LogP contribution >= 0.6 is 11.3 Å². The van der Waals surface area contributed by atoms with E-state index >= 15 is 0 Å². The Morgan fingerprint density at radius 3 is 2.83 bits per heavy atom. The summed E-state index contributed by atoms with van der Waals surface area (Å²) in [7, 11) is 0. The van der Waals surface area contributed by atoms with Crippen molar-refractivity contribution in [3.8, 4) is 16.9 Å². The second-order valence-corrected chi connectivity index (χ2v) is 7.70. The van der Waals surface area contributed by atoms with E-state index in [0.717, 1.165) is 27.1 Å². The van der Waals surface area contributed by atoms with E-state index in [4.69, 9.17) is 10.5 Å². The second kappa shape index (κ2) is 8.34. The topological polar surface area (TPSA) is 98.1 Å². The van der Waals surface area contributed by atoms with Crippen LogP contribution < -0.4 is 10.5 Å². The van der Waals surface area contributed by atoms with Gasteiger partial charge < -0.3 is 15.5 Å². The number of fused-ring (bicyclic) bond motifs is 1. The number of rotatable bonds is 8. The Balaban J connectivity index is 1.78. The molecule has 0 unspecified atom stereocenters. The summed E-state index contributed by atoms with van der Waals surface area (Å²) < 4.78 is 5.95. The van der Waals surface area contributed by atoms with Gasteiger partial charge in [0.2, 0.25) is 0 Å². The van der Waals surface area contributed by atoms with Gasteiger partial charge in [-0.05, 0) is 47.0 Å². The van der Waals surface area contributed by atoms with Gasteiger partial charge in [0.1, 0.15) is 17.4 Å². The van der Waals surface area contributed by atoms with Crippen LogP contribution in [-0.4, -0.2) is 21.7 Å². The molecule has 2 aromatic heterocycles. The van der Waals surface area contributed by atoms with Gasteiger partial charge in [-0.3, -0.25) is 9.59 Å². The van der Waals surface area contributed by atoms with E-state index in [1.807, 2.05) is 35.7 Å². The number of hydrogen-bond donors (Lipinski definition) is 2. The number of primary amides is 1. The van der Waals surface area contributed by atoms with Gasteiger partial charge in [0.15, 0.2) is 5.78 Å². The summed E-state index contributed by atoms with van der Waals surface area (Å²) in [6, 6.07) is 11.2. The molecule has 4 rings (SSSR count). The molecular weight excluding hydrogens is 398 g/mol. The zero-order valence-corrected chi connectivity index (χ0v) is 16.9. The monoisotopic (exact) mass is 417 g/mol. The van der Waals surface area contributed by atoms with Crippen LogP contribution in [0, 0.1) is 0 Å². The van der Waals surface area contributed by atoms with Crippen molar-refractivity contribution in [2.24, 2.45) is 5.73 Å². The maximum Gasteiger partial charge on any atom is 0.250 e. The molecule has 2 heterocycles. The second-order valence-electron chi connectivity index (χ2n) is 6.72. The quantitative estimate of drug-likeness (QED) is 0.418. The standard InChI is InChI=1S/C23H19N3O3S/c1-2-16(27)10-14-9-15(12-17(11-14)29-13-21-25-7-8-30-21)18-3-4-20(23(24)28)22-19(18)5-6-26-22/h2-9,11-12,26H,1,10,13H2,(H2,24,28). The third kappa shape index (κ3) is 4.01. The van der Waals surface area contributed by atoms with Gasteiger partial charge in [-0.25, -0.2) is 4.98 Å². The molecule has 0 radical (unpaired) electrons. The summed E-state index contributed by atoms with van der Waals surface area (Å²) in [6.07, 6.45) is 5.04. The number of thiazole rings is 1. The predicted octanol–water partition coefficient (Wildman–Crippen LogP) is 4.27. The Morgan fingerprint density at radius 2 is 2.10 bits per heavy atom. The average Bonchev–Trinajstić information content (AvgIpc) is 3.43. The molecule has 0 bridgehead atoms. The molecule has 30 heavy (non-hydrogen) atoms. The summed E-state index contributed by atoms with van der Waals surface area (Å²) in [5.41, 5.74) is 9.20. The Bertz CT molecular complexity index is 1240. The van der Waals surface area contributed by atoms with Crippen LogP contribution in [0.3, 0.4) is 0 Å². The lowest BCUT2D eigenvalue weighted by Crippen LogP contribution is -2.11. The van der Waals surface area contributed by atoms with E-state index in [0.29, 0.717) is 23.4 Å². The number of ether oxygens (including phenoxy) is 1. The molecule has 0 saturated carbocycles. The van der Waals surface area contributed by atoms with Crippen molar-refractivity contribution < 1.29 is 14.3 Å². The van der Waals surface area contributed by atoms with Gasteiger partial charge in [-0.1, -0.05) is 18.7 Å². The minimum Gasteiger partial charge on any atom is -0.486 e. The fourth-order valence-corrected chi connectivity index (χ4v) is 3.89. The number of hydrogen-bond acceptors (Lipinski definition) is 5. The number of ketones is 1. The van der Waals surface area contributed by atoms with Crippen molar-refractivity contribution in [2.75, 3.05) is 0 Å². The molecule has 0 spiro atoms. The fourth-order valence-electron chi connectivity index (χ4n) is 3.36. The zero-order chi connectivity index (χ0) is 21.1. The number of H-pyrrole nitrogens is 1. The Hall–Kier alpha value is -3.71. The average molecular weight is 417 g/mol. The molecule has 3 N–H and O–H groups in total.